The summed E-state index contributed by atoms with van der Waals surface area (Å²) in [5.74, 6) is 1.81. The highest BCUT2D eigenvalue weighted by atomic mass is 16.5. The van der Waals surface area contributed by atoms with Crippen molar-refractivity contribution in [3.05, 3.63) is 279 Å². The lowest BCUT2D eigenvalue weighted by Gasteiger charge is -2.35. The van der Waals surface area contributed by atoms with Crippen LogP contribution in [0.1, 0.15) is 26.3 Å². The average molecular weight is 1140 g/mol. The van der Waals surface area contributed by atoms with E-state index in [0.29, 0.717) is 0 Å². The van der Waals surface area contributed by atoms with Crippen LogP contribution in [0.15, 0.2) is 273 Å². The summed E-state index contributed by atoms with van der Waals surface area (Å²) in [5.41, 5.74) is 24.5. The summed E-state index contributed by atoms with van der Waals surface area (Å²) in [5, 5.41) is 12.3. The predicted molar refractivity (Wildman–Crippen MR) is 373 cm³/mol. The van der Waals surface area contributed by atoms with Crippen molar-refractivity contribution >= 4 is 132 Å². The number of fused-ring (bicyclic) bond motifs is 19. The molecule has 0 radical (unpaired) electrons. The molecule has 0 saturated heterocycles. The number of ether oxygens (including phenoxy) is 1. The minimum atomic E-state index is -0.161. The highest BCUT2D eigenvalue weighted by Gasteiger charge is 2.42. The van der Waals surface area contributed by atoms with Gasteiger partial charge in [-0.2, -0.15) is 0 Å². The molecule has 7 heterocycles. The van der Waals surface area contributed by atoms with Crippen LogP contribution >= 0.6 is 0 Å². The second kappa shape index (κ2) is 17.7. The molecular weight excluding hydrogens is 1080 g/mol. The number of aromatic nitrogens is 5. The smallest absolute Gasteiger partial charge is 0.256 e. The maximum Gasteiger partial charge on any atom is 0.256 e. The van der Waals surface area contributed by atoms with Crippen LogP contribution in [-0.4, -0.2) is 29.5 Å². The van der Waals surface area contributed by atoms with Crippen LogP contribution in [0.25, 0.3) is 149 Å². The van der Waals surface area contributed by atoms with Gasteiger partial charge in [-0.15, -0.1) is 0 Å². The topological polar surface area (TPSA) is 33.9 Å². The Kier molecular flexibility index (Phi) is 9.72. The highest BCUT2D eigenvalue weighted by molar-refractivity contribution is 6.99. The first-order valence-corrected chi connectivity index (χ1v) is 31.0. The van der Waals surface area contributed by atoms with Gasteiger partial charge in [0.25, 0.3) is 6.71 Å². The molecule has 0 saturated carbocycles. The van der Waals surface area contributed by atoms with Crippen molar-refractivity contribution in [1.82, 2.24) is 22.8 Å². The first-order chi connectivity index (χ1) is 43.8. The number of nitrogens with zero attached hydrogens (tertiary/aromatic N) is 5. The van der Waals surface area contributed by atoms with E-state index >= 15 is 0 Å². The van der Waals surface area contributed by atoms with Gasteiger partial charge in [0.1, 0.15) is 11.5 Å². The van der Waals surface area contributed by atoms with Crippen LogP contribution in [0.4, 0.5) is 0 Å². The first kappa shape index (κ1) is 48.9. The van der Waals surface area contributed by atoms with Crippen LogP contribution in [-0.2, 0) is 5.41 Å². The zero-order valence-electron chi connectivity index (χ0n) is 49.2. The van der Waals surface area contributed by atoms with Gasteiger partial charge in [-0.05, 0) is 160 Å². The number of para-hydroxylation sites is 6. The Hall–Kier alpha value is -11.3. The van der Waals surface area contributed by atoms with Crippen molar-refractivity contribution < 1.29 is 4.74 Å². The van der Waals surface area contributed by atoms with Gasteiger partial charge in [0.2, 0.25) is 0 Å². The molecule has 0 amide bonds. The Balaban J connectivity index is 0.865. The molecule has 0 spiro atoms. The van der Waals surface area contributed by atoms with Crippen molar-refractivity contribution in [3.8, 4) is 51.1 Å². The summed E-state index contributed by atoms with van der Waals surface area (Å²) in [6, 6.07) is 102. The van der Waals surface area contributed by atoms with Gasteiger partial charge >= 0.3 is 0 Å². The van der Waals surface area contributed by atoms with Crippen molar-refractivity contribution in [3.63, 3.8) is 0 Å². The van der Waals surface area contributed by atoms with E-state index in [4.69, 9.17) is 4.74 Å². The molecule has 0 bridgehead atoms. The van der Waals surface area contributed by atoms with Crippen LogP contribution < -0.4 is 21.1 Å². The minimum Gasteiger partial charge on any atom is -0.458 e. The van der Waals surface area contributed by atoms with Crippen LogP contribution in [0.5, 0.6) is 11.5 Å². The maximum absolute atomic E-state index is 7.33. The Morgan fingerprint density at radius 1 is 0.281 bits per heavy atom. The van der Waals surface area contributed by atoms with E-state index in [1.54, 1.807) is 0 Å². The average Bonchev–Trinajstić information content (AvgIpc) is 1.66. The largest absolute Gasteiger partial charge is 0.458 e. The fourth-order valence-electron chi connectivity index (χ4n) is 15.9. The molecule has 2 aliphatic rings. The van der Waals surface area contributed by atoms with Crippen molar-refractivity contribution in [1.29, 1.82) is 0 Å². The molecule has 13 aromatic carbocycles. The predicted octanol–water partition coefficient (Wildman–Crippen LogP) is 19.1. The highest BCUT2D eigenvalue weighted by Crippen LogP contribution is 2.45. The number of hydrogen-bond acceptors (Lipinski definition) is 1. The molecule has 6 nitrogen and oxygen atoms in total. The summed E-state index contributed by atoms with van der Waals surface area (Å²) >= 11 is 0. The Labute approximate surface area is 512 Å². The summed E-state index contributed by atoms with van der Waals surface area (Å²) < 4.78 is 19.8. The summed E-state index contributed by atoms with van der Waals surface area (Å²) in [6.45, 7) is 6.82. The molecule has 18 aromatic rings. The first-order valence-electron chi connectivity index (χ1n) is 31.0. The lowest BCUT2D eigenvalue weighted by molar-refractivity contribution is 0.483. The zero-order valence-corrected chi connectivity index (χ0v) is 49.2. The van der Waals surface area contributed by atoms with Gasteiger partial charge < -0.3 is 27.6 Å². The number of rotatable bonds is 5. The van der Waals surface area contributed by atoms with E-state index in [1.807, 2.05) is 0 Å². The quantitative estimate of drug-likeness (QED) is 0.158. The van der Waals surface area contributed by atoms with Gasteiger partial charge in [0.05, 0.1) is 49.7 Å². The van der Waals surface area contributed by atoms with Gasteiger partial charge in [-0.25, -0.2) is 0 Å². The molecule has 5 aromatic heterocycles. The van der Waals surface area contributed by atoms with Crippen molar-refractivity contribution in [2.45, 2.75) is 26.2 Å². The Morgan fingerprint density at radius 3 is 1.15 bits per heavy atom. The second-order valence-corrected chi connectivity index (χ2v) is 25.6. The Bertz CT molecular complexity index is 6030. The van der Waals surface area contributed by atoms with Crippen LogP contribution in [0.3, 0.4) is 0 Å². The third kappa shape index (κ3) is 6.71. The summed E-state index contributed by atoms with van der Waals surface area (Å²) in [6.07, 6.45) is 0. The Morgan fingerprint density at radius 2 is 0.674 bits per heavy atom. The second-order valence-electron chi connectivity index (χ2n) is 25.6. The number of benzene rings is 13. The third-order valence-electron chi connectivity index (χ3n) is 19.8. The fraction of sp³-hybridized carbons (Fsp3) is 0.0488. The molecule has 0 atom stereocenters. The van der Waals surface area contributed by atoms with Gasteiger partial charge in [0, 0.05) is 87.8 Å². The lowest BCUT2D eigenvalue weighted by atomic mass is 9.34. The van der Waals surface area contributed by atoms with E-state index in [2.05, 4.69) is 317 Å². The maximum atomic E-state index is 7.33. The summed E-state index contributed by atoms with van der Waals surface area (Å²) in [4.78, 5) is 0. The van der Waals surface area contributed by atoms with Crippen molar-refractivity contribution in [2.75, 3.05) is 0 Å². The molecular formula is C82H54BN5O. The molecule has 416 valence electrons. The molecule has 7 heteroatoms. The molecule has 0 N–H and O–H groups in total. The minimum absolute atomic E-state index is 0.127. The zero-order chi connectivity index (χ0) is 58.5. The van der Waals surface area contributed by atoms with Gasteiger partial charge in [-0.3, -0.25) is 0 Å². The van der Waals surface area contributed by atoms with Crippen molar-refractivity contribution in [2.24, 2.45) is 0 Å². The van der Waals surface area contributed by atoms with E-state index in [9.17, 15) is 0 Å². The molecule has 0 fully saturated rings. The molecule has 89 heavy (non-hydrogen) atoms. The lowest BCUT2D eigenvalue weighted by Crippen LogP contribution is -2.58. The van der Waals surface area contributed by atoms with E-state index < -0.39 is 0 Å². The van der Waals surface area contributed by atoms with Crippen LogP contribution in [0.2, 0.25) is 0 Å². The monoisotopic (exact) mass is 1140 g/mol. The molecule has 20 rings (SSSR count). The molecule has 0 aliphatic carbocycles. The fourth-order valence-corrected chi connectivity index (χ4v) is 15.9. The van der Waals surface area contributed by atoms with E-state index in [1.165, 1.54) is 115 Å². The number of hydrogen-bond donors (Lipinski definition) is 0. The van der Waals surface area contributed by atoms with Crippen LogP contribution in [0, 0.1) is 0 Å². The normalized spacial score (nSPS) is 13.0. The molecule has 0 unspecified atom stereocenters. The SMILES string of the molecule is CC(C)(C)c1cc2c3c(c1)-n1c4ccc(-n5c6ccccc6c6cc(-n7c8ccccc8c8ccccc87)ccc65)cc4c4cc(-n5c6ccccc6c6cc(-n7c8ccccc8c8ccccc87)ccc65)cc(c41)B3c1ccc(-c3ccccc3)cc1O2. The molecule has 2 aliphatic heterocycles. The van der Waals surface area contributed by atoms with Gasteiger partial charge in [0.15, 0.2) is 0 Å². The third-order valence-corrected chi connectivity index (χ3v) is 19.8. The van der Waals surface area contributed by atoms with Gasteiger partial charge in [-0.1, -0.05) is 172 Å². The standard InChI is InChI=1S/C82H54BN5O/c1-82(2,3)51-42-77-80-79(43-51)89-78-41-50(49-19-5-4-6-20-49)33-37-66(78)83(80)67-48-55(87-73-32-18-12-26-61(73)63-45-53(35-39-75(63)87)85-70-29-15-9-23-58(70)59-24-10-16-30-71(59)85)47-65-64-46-54(36-40-76(64)88(77)81(65)67)86-72-31-17-11-25-60(72)62-44-52(34-38-74(62)86)84-68-27-13-7-21-56(68)57-22-8-14-28-69(57)84/h4-48H,1-3H3. The summed E-state index contributed by atoms with van der Waals surface area (Å²) in [7, 11) is 0. The van der Waals surface area contributed by atoms with E-state index in [-0.39, 0.29) is 12.1 Å². The van der Waals surface area contributed by atoms with E-state index in [0.717, 1.165) is 67.4 Å².